The van der Waals surface area contributed by atoms with Crippen molar-refractivity contribution in [3.8, 4) is 0 Å². The Hall–Kier alpha value is -2.64. The summed E-state index contributed by atoms with van der Waals surface area (Å²) < 4.78 is 17.5. The van der Waals surface area contributed by atoms with Crippen LogP contribution < -0.4 is 10.7 Å². The van der Waals surface area contributed by atoms with E-state index < -0.39 is 12.2 Å². The van der Waals surface area contributed by atoms with Crippen LogP contribution in [0.5, 0.6) is 0 Å². The Bertz CT molecular complexity index is 1010. The fraction of sp³-hybridized carbons (Fsp3) is 0.500. The van der Waals surface area contributed by atoms with Gasteiger partial charge in [-0.25, -0.2) is 0 Å². The first kappa shape index (κ1) is 21.6. The molecule has 7 nitrogen and oxygen atoms in total. The Morgan fingerprint density at radius 3 is 2.84 bits per heavy atom. The lowest BCUT2D eigenvalue weighted by atomic mass is 9.81. The zero-order valence-electron chi connectivity index (χ0n) is 17.7. The standard InChI is InChI=1S/C24H29NO6/c1-2-29-24-16(7-5-11-26)18(12-21(31-24)23(28)25-13-15-9-10-15)19-14-30-20-8-4-3-6-17(20)22(19)27/h3-4,6,8,12,14-16,18,24,26H,2,5,7,9-11,13H2,1H3,(H,25,28). The number of aliphatic hydroxyl groups is 1. The molecule has 1 aliphatic heterocycles. The van der Waals surface area contributed by atoms with Crippen LogP contribution >= 0.6 is 0 Å². The van der Waals surface area contributed by atoms with Crippen molar-refractivity contribution in [2.24, 2.45) is 11.8 Å². The van der Waals surface area contributed by atoms with Crippen LogP contribution in [0.4, 0.5) is 0 Å². The van der Waals surface area contributed by atoms with Crippen molar-refractivity contribution in [2.75, 3.05) is 19.8 Å². The molecule has 3 atom stereocenters. The van der Waals surface area contributed by atoms with Crippen LogP contribution in [0.25, 0.3) is 11.0 Å². The zero-order chi connectivity index (χ0) is 21.8. The van der Waals surface area contributed by atoms with Gasteiger partial charge in [-0.3, -0.25) is 9.59 Å². The van der Waals surface area contributed by atoms with Crippen LogP contribution in [0.1, 0.15) is 44.1 Å². The fourth-order valence-electron chi connectivity index (χ4n) is 4.09. The van der Waals surface area contributed by atoms with Gasteiger partial charge in [-0.2, -0.15) is 0 Å². The van der Waals surface area contributed by atoms with Crippen molar-refractivity contribution in [3.05, 3.63) is 58.2 Å². The van der Waals surface area contributed by atoms with Crippen molar-refractivity contribution in [2.45, 2.75) is 44.8 Å². The number of ether oxygens (including phenoxy) is 2. The third-order valence-electron chi connectivity index (χ3n) is 5.95. The third-order valence-corrected chi connectivity index (χ3v) is 5.95. The monoisotopic (exact) mass is 427 g/mol. The van der Waals surface area contributed by atoms with E-state index in [0.717, 1.165) is 12.8 Å². The highest BCUT2D eigenvalue weighted by atomic mass is 16.7. The second kappa shape index (κ2) is 9.66. The summed E-state index contributed by atoms with van der Waals surface area (Å²) in [6.07, 6.45) is 5.86. The number of benzene rings is 1. The van der Waals surface area contributed by atoms with Crippen molar-refractivity contribution in [1.29, 1.82) is 0 Å². The second-order valence-corrected chi connectivity index (χ2v) is 8.20. The molecule has 0 bridgehead atoms. The van der Waals surface area contributed by atoms with Crippen molar-refractivity contribution in [1.82, 2.24) is 5.32 Å². The Morgan fingerprint density at radius 2 is 2.10 bits per heavy atom. The quantitative estimate of drug-likeness (QED) is 0.638. The van der Waals surface area contributed by atoms with Gasteiger partial charge in [-0.15, -0.1) is 0 Å². The lowest BCUT2D eigenvalue weighted by molar-refractivity contribution is -0.166. The number of carbonyl (C=O) groups is 1. The predicted octanol–water partition coefficient (Wildman–Crippen LogP) is 3.07. The summed E-state index contributed by atoms with van der Waals surface area (Å²) in [4.78, 5) is 26.1. The van der Waals surface area contributed by atoms with E-state index in [9.17, 15) is 14.7 Å². The highest BCUT2D eigenvalue weighted by Crippen LogP contribution is 2.39. The minimum absolute atomic E-state index is 0.0207. The smallest absolute Gasteiger partial charge is 0.286 e. The van der Waals surface area contributed by atoms with E-state index in [1.807, 2.05) is 13.0 Å². The van der Waals surface area contributed by atoms with Crippen molar-refractivity contribution in [3.63, 3.8) is 0 Å². The maximum Gasteiger partial charge on any atom is 0.286 e. The summed E-state index contributed by atoms with van der Waals surface area (Å²) in [5, 5.41) is 12.8. The molecule has 1 aromatic carbocycles. The Labute approximate surface area is 181 Å². The SMILES string of the molecule is CCOC1OC(C(=O)NCC2CC2)=CC(c2coc3ccccc3c2=O)C1CCCO. The molecule has 0 radical (unpaired) electrons. The molecule has 1 aliphatic carbocycles. The minimum atomic E-state index is -0.695. The summed E-state index contributed by atoms with van der Waals surface area (Å²) >= 11 is 0. The summed E-state index contributed by atoms with van der Waals surface area (Å²) in [7, 11) is 0. The highest BCUT2D eigenvalue weighted by molar-refractivity contribution is 5.91. The molecule has 166 valence electrons. The van der Waals surface area contributed by atoms with Gasteiger partial charge in [0, 0.05) is 37.2 Å². The molecule has 1 aromatic heterocycles. The maximum absolute atomic E-state index is 13.3. The van der Waals surface area contributed by atoms with Crippen molar-refractivity contribution >= 4 is 16.9 Å². The largest absolute Gasteiger partial charge is 0.464 e. The summed E-state index contributed by atoms with van der Waals surface area (Å²) in [5.41, 5.74) is 0.845. The maximum atomic E-state index is 13.3. The van der Waals surface area contributed by atoms with Crippen LogP contribution in [0.2, 0.25) is 0 Å². The molecule has 0 spiro atoms. The van der Waals surface area contributed by atoms with Gasteiger partial charge in [0.25, 0.3) is 5.91 Å². The topological polar surface area (TPSA) is 98.0 Å². The van der Waals surface area contributed by atoms with Gasteiger partial charge >= 0.3 is 0 Å². The molecule has 2 aliphatic rings. The molecule has 1 saturated carbocycles. The molecule has 0 saturated heterocycles. The first-order chi connectivity index (χ1) is 15.1. The highest BCUT2D eigenvalue weighted by Gasteiger charge is 2.39. The number of allylic oxidation sites excluding steroid dienone is 1. The first-order valence-electron chi connectivity index (χ1n) is 11.0. The lowest BCUT2D eigenvalue weighted by Crippen LogP contribution is -2.40. The van der Waals surface area contributed by atoms with Crippen LogP contribution in [-0.4, -0.2) is 37.1 Å². The minimum Gasteiger partial charge on any atom is -0.464 e. The predicted molar refractivity (Wildman–Crippen MR) is 115 cm³/mol. The van der Waals surface area contributed by atoms with E-state index >= 15 is 0 Å². The summed E-state index contributed by atoms with van der Waals surface area (Å²) in [6, 6.07) is 7.10. The average molecular weight is 427 g/mol. The molecule has 1 fully saturated rings. The van der Waals surface area contributed by atoms with Gasteiger partial charge in [0.2, 0.25) is 6.29 Å². The van der Waals surface area contributed by atoms with Crippen LogP contribution in [-0.2, 0) is 14.3 Å². The van der Waals surface area contributed by atoms with Crippen LogP contribution in [0.3, 0.4) is 0 Å². The normalized spacial score (nSPS) is 23.3. The second-order valence-electron chi connectivity index (χ2n) is 8.20. The number of aliphatic hydroxyl groups excluding tert-OH is 1. The molecule has 2 heterocycles. The lowest BCUT2D eigenvalue weighted by Gasteiger charge is -2.36. The number of fused-ring (bicyclic) bond motifs is 1. The van der Waals surface area contributed by atoms with Gasteiger partial charge in [-0.1, -0.05) is 12.1 Å². The molecule has 31 heavy (non-hydrogen) atoms. The summed E-state index contributed by atoms with van der Waals surface area (Å²) in [6.45, 7) is 2.90. The van der Waals surface area contributed by atoms with Gasteiger partial charge < -0.3 is 24.3 Å². The number of rotatable bonds is 9. The Morgan fingerprint density at radius 1 is 1.29 bits per heavy atom. The number of hydrogen-bond donors (Lipinski definition) is 2. The molecule has 2 N–H and O–H groups in total. The van der Waals surface area contributed by atoms with Gasteiger partial charge in [-0.05, 0) is 56.7 Å². The van der Waals surface area contributed by atoms with Gasteiger partial charge in [0.15, 0.2) is 11.2 Å². The molecule has 2 aromatic rings. The fourth-order valence-corrected chi connectivity index (χ4v) is 4.09. The molecule has 1 amide bonds. The molecular weight excluding hydrogens is 398 g/mol. The zero-order valence-corrected chi connectivity index (χ0v) is 17.7. The van der Waals surface area contributed by atoms with E-state index in [2.05, 4.69) is 5.32 Å². The number of para-hydroxylation sites is 1. The number of hydrogen-bond acceptors (Lipinski definition) is 6. The molecule has 7 heteroatoms. The number of amides is 1. The third kappa shape index (κ3) is 4.83. The Kier molecular flexibility index (Phi) is 6.73. The van der Waals surface area contributed by atoms with E-state index in [1.54, 1.807) is 24.3 Å². The van der Waals surface area contributed by atoms with Gasteiger partial charge in [0.1, 0.15) is 5.58 Å². The molecular formula is C24H29NO6. The van der Waals surface area contributed by atoms with E-state index in [-0.39, 0.29) is 29.6 Å². The summed E-state index contributed by atoms with van der Waals surface area (Å²) in [5.74, 6) is -0.267. The van der Waals surface area contributed by atoms with E-state index in [0.29, 0.717) is 48.4 Å². The Balaban J connectivity index is 1.73. The molecule has 3 unspecified atom stereocenters. The average Bonchev–Trinajstić information content (AvgIpc) is 3.61. The number of carbonyl (C=O) groups excluding carboxylic acids is 1. The van der Waals surface area contributed by atoms with Crippen molar-refractivity contribution < 1.29 is 23.8 Å². The first-order valence-corrected chi connectivity index (χ1v) is 11.0. The van der Waals surface area contributed by atoms with E-state index in [4.69, 9.17) is 13.9 Å². The van der Waals surface area contributed by atoms with Crippen LogP contribution in [0, 0.1) is 11.8 Å². The van der Waals surface area contributed by atoms with E-state index in [1.165, 1.54) is 6.26 Å². The number of nitrogens with one attached hydrogen (secondary N) is 1. The van der Waals surface area contributed by atoms with Crippen LogP contribution in [0.15, 0.2) is 51.6 Å². The van der Waals surface area contributed by atoms with Gasteiger partial charge in [0.05, 0.1) is 11.6 Å². The molecule has 4 rings (SSSR count).